The summed E-state index contributed by atoms with van der Waals surface area (Å²) in [6.07, 6.45) is 1.62. The van der Waals surface area contributed by atoms with Gasteiger partial charge in [0, 0.05) is 12.2 Å². The Morgan fingerprint density at radius 3 is 2.60 bits per heavy atom. The summed E-state index contributed by atoms with van der Waals surface area (Å²) in [7, 11) is 0. The summed E-state index contributed by atoms with van der Waals surface area (Å²) in [4.78, 5) is 24.4. The second-order valence-corrected chi connectivity index (χ2v) is 8.12. The van der Waals surface area contributed by atoms with Crippen LogP contribution < -0.4 is 10.6 Å². The van der Waals surface area contributed by atoms with E-state index in [1.54, 1.807) is 17.6 Å². The van der Waals surface area contributed by atoms with E-state index in [2.05, 4.69) is 37.6 Å². The average molecular weight is 448 g/mol. The number of aromatic nitrogens is 5. The standard InChI is InChI=1S/C18H18FN7O2S2/c1-3-8-26-14(9-15(27)20-13-6-4-12(19)5-7-13)23-25-18(26)29-10-16(28)21-17-24-22-11(2)30-17/h3-7H,1,8-10H2,2H3,(H,20,27)(H,21,24,28). The molecule has 0 aliphatic heterocycles. The fourth-order valence-electron chi connectivity index (χ4n) is 2.38. The first-order chi connectivity index (χ1) is 14.4. The fourth-order valence-corrected chi connectivity index (χ4v) is 3.76. The lowest BCUT2D eigenvalue weighted by Crippen LogP contribution is -2.18. The number of nitrogens with zero attached hydrogens (tertiary/aromatic N) is 5. The summed E-state index contributed by atoms with van der Waals surface area (Å²) in [6, 6.07) is 5.47. The molecule has 0 saturated carbocycles. The van der Waals surface area contributed by atoms with Gasteiger partial charge in [-0.25, -0.2) is 4.39 Å². The van der Waals surface area contributed by atoms with Crippen LogP contribution in [0.15, 0.2) is 42.1 Å². The maximum absolute atomic E-state index is 13.0. The van der Waals surface area contributed by atoms with Crippen LogP contribution in [0, 0.1) is 12.7 Å². The summed E-state index contributed by atoms with van der Waals surface area (Å²) < 4.78 is 14.7. The highest BCUT2D eigenvalue weighted by Crippen LogP contribution is 2.19. The minimum absolute atomic E-state index is 0.0327. The number of nitrogens with one attached hydrogen (secondary N) is 2. The number of amides is 2. The largest absolute Gasteiger partial charge is 0.326 e. The van der Waals surface area contributed by atoms with E-state index in [0.717, 1.165) is 5.01 Å². The second-order valence-electron chi connectivity index (χ2n) is 5.99. The molecule has 12 heteroatoms. The number of carbonyl (C=O) groups is 2. The molecule has 0 fully saturated rings. The molecule has 0 aliphatic rings. The van der Waals surface area contributed by atoms with Crippen molar-refractivity contribution >= 4 is 45.7 Å². The van der Waals surface area contributed by atoms with Crippen molar-refractivity contribution in [3.8, 4) is 0 Å². The van der Waals surface area contributed by atoms with E-state index >= 15 is 0 Å². The monoisotopic (exact) mass is 447 g/mol. The molecule has 156 valence electrons. The van der Waals surface area contributed by atoms with Crippen LogP contribution in [-0.4, -0.2) is 42.5 Å². The normalized spacial score (nSPS) is 10.6. The Morgan fingerprint density at radius 2 is 1.93 bits per heavy atom. The topological polar surface area (TPSA) is 115 Å². The van der Waals surface area contributed by atoms with E-state index in [-0.39, 0.29) is 29.8 Å². The molecule has 2 amide bonds. The molecular weight excluding hydrogens is 429 g/mol. The first-order valence-corrected chi connectivity index (χ1v) is 10.6. The Bertz CT molecular complexity index is 1050. The Hall–Kier alpha value is -3.12. The number of hydrogen-bond acceptors (Lipinski definition) is 8. The number of halogens is 1. The van der Waals surface area contributed by atoms with Crippen LogP contribution in [-0.2, 0) is 22.6 Å². The molecule has 30 heavy (non-hydrogen) atoms. The number of aryl methyl sites for hydroxylation is 1. The SMILES string of the molecule is C=CCn1c(CC(=O)Nc2ccc(F)cc2)nnc1SCC(=O)Nc1nnc(C)s1. The van der Waals surface area contributed by atoms with Gasteiger partial charge in [0.15, 0.2) is 5.16 Å². The van der Waals surface area contributed by atoms with Crippen molar-refractivity contribution in [1.82, 2.24) is 25.0 Å². The zero-order chi connectivity index (χ0) is 21.5. The lowest BCUT2D eigenvalue weighted by atomic mass is 10.3. The minimum Gasteiger partial charge on any atom is -0.326 e. The molecule has 3 rings (SSSR count). The molecule has 3 aromatic rings. The molecule has 0 spiro atoms. The van der Waals surface area contributed by atoms with E-state index in [9.17, 15) is 14.0 Å². The number of benzene rings is 1. The summed E-state index contributed by atoms with van der Waals surface area (Å²) in [5, 5.41) is 22.9. The van der Waals surface area contributed by atoms with Gasteiger partial charge >= 0.3 is 0 Å². The number of thioether (sulfide) groups is 1. The zero-order valence-corrected chi connectivity index (χ0v) is 17.6. The number of hydrogen-bond donors (Lipinski definition) is 2. The van der Waals surface area contributed by atoms with Gasteiger partial charge in [0.25, 0.3) is 0 Å². The summed E-state index contributed by atoms with van der Waals surface area (Å²) in [5.41, 5.74) is 0.481. The first-order valence-electron chi connectivity index (χ1n) is 8.75. The Labute approximate surface area is 179 Å². The van der Waals surface area contributed by atoms with Gasteiger partial charge in [0.2, 0.25) is 16.9 Å². The van der Waals surface area contributed by atoms with Crippen molar-refractivity contribution in [1.29, 1.82) is 0 Å². The molecule has 0 bridgehead atoms. The molecule has 0 saturated heterocycles. The average Bonchev–Trinajstić information content (AvgIpc) is 3.28. The van der Waals surface area contributed by atoms with E-state index in [1.807, 2.05) is 0 Å². The third-order valence-corrected chi connectivity index (χ3v) is 5.38. The lowest BCUT2D eigenvalue weighted by Gasteiger charge is -2.08. The number of anilines is 2. The highest BCUT2D eigenvalue weighted by Gasteiger charge is 2.17. The summed E-state index contributed by atoms with van der Waals surface area (Å²) in [6.45, 7) is 5.89. The van der Waals surface area contributed by atoms with Crippen molar-refractivity contribution < 1.29 is 14.0 Å². The van der Waals surface area contributed by atoms with Gasteiger partial charge in [-0.05, 0) is 31.2 Å². The van der Waals surface area contributed by atoms with Gasteiger partial charge in [-0.15, -0.1) is 27.0 Å². The first kappa shape index (κ1) is 21.6. The van der Waals surface area contributed by atoms with E-state index in [1.165, 1.54) is 47.4 Å². The highest BCUT2D eigenvalue weighted by molar-refractivity contribution is 7.99. The number of carbonyl (C=O) groups excluding carboxylic acids is 2. The van der Waals surface area contributed by atoms with Gasteiger partial charge in [0.1, 0.15) is 16.6 Å². The van der Waals surface area contributed by atoms with Gasteiger partial charge in [-0.1, -0.05) is 29.2 Å². The molecule has 2 heterocycles. The molecule has 0 atom stereocenters. The molecule has 0 unspecified atom stereocenters. The number of allylic oxidation sites excluding steroid dienone is 1. The van der Waals surface area contributed by atoms with Crippen molar-refractivity contribution in [2.45, 2.75) is 25.0 Å². The predicted octanol–water partition coefficient (Wildman–Crippen LogP) is 2.68. The smallest absolute Gasteiger partial charge is 0.236 e. The Balaban J connectivity index is 1.60. The number of rotatable bonds is 9. The molecule has 0 aliphatic carbocycles. The van der Waals surface area contributed by atoms with Crippen molar-refractivity contribution in [3.05, 3.63) is 53.6 Å². The van der Waals surface area contributed by atoms with Crippen LogP contribution in [0.4, 0.5) is 15.2 Å². The van der Waals surface area contributed by atoms with Crippen molar-refractivity contribution in [2.24, 2.45) is 0 Å². The second kappa shape index (κ2) is 10.1. The highest BCUT2D eigenvalue weighted by atomic mass is 32.2. The van der Waals surface area contributed by atoms with E-state index in [4.69, 9.17) is 0 Å². The van der Waals surface area contributed by atoms with Crippen LogP contribution in [0.25, 0.3) is 0 Å². The van der Waals surface area contributed by atoms with E-state index in [0.29, 0.717) is 28.3 Å². The molecule has 1 aromatic carbocycles. The van der Waals surface area contributed by atoms with Crippen LogP contribution in [0.2, 0.25) is 0 Å². The molecule has 0 radical (unpaired) electrons. The molecular formula is C18H18FN7O2S2. The fraction of sp³-hybridized carbons (Fsp3) is 0.222. The maximum atomic E-state index is 13.0. The molecule has 9 nitrogen and oxygen atoms in total. The minimum atomic E-state index is -0.384. The van der Waals surface area contributed by atoms with Gasteiger partial charge in [-0.2, -0.15) is 0 Å². The maximum Gasteiger partial charge on any atom is 0.236 e. The van der Waals surface area contributed by atoms with Gasteiger partial charge < -0.3 is 9.88 Å². The van der Waals surface area contributed by atoms with Crippen LogP contribution in [0.5, 0.6) is 0 Å². The molecule has 2 N–H and O–H groups in total. The quantitative estimate of drug-likeness (QED) is 0.383. The predicted molar refractivity (Wildman–Crippen MR) is 113 cm³/mol. The third-order valence-electron chi connectivity index (χ3n) is 3.66. The Kier molecular flexibility index (Phi) is 7.25. The van der Waals surface area contributed by atoms with Crippen LogP contribution in [0.3, 0.4) is 0 Å². The van der Waals surface area contributed by atoms with Gasteiger partial charge in [-0.3, -0.25) is 14.9 Å². The van der Waals surface area contributed by atoms with Gasteiger partial charge in [0.05, 0.1) is 12.2 Å². The van der Waals surface area contributed by atoms with Crippen LogP contribution >= 0.6 is 23.1 Å². The van der Waals surface area contributed by atoms with Crippen LogP contribution in [0.1, 0.15) is 10.8 Å². The third kappa shape index (κ3) is 5.94. The zero-order valence-electron chi connectivity index (χ0n) is 16.0. The molecule has 2 aromatic heterocycles. The van der Waals surface area contributed by atoms with E-state index < -0.39 is 0 Å². The van der Waals surface area contributed by atoms with Crippen molar-refractivity contribution in [2.75, 3.05) is 16.4 Å². The lowest BCUT2D eigenvalue weighted by molar-refractivity contribution is -0.116. The Morgan fingerprint density at radius 1 is 1.17 bits per heavy atom. The van der Waals surface area contributed by atoms with Crippen molar-refractivity contribution in [3.63, 3.8) is 0 Å². The summed E-state index contributed by atoms with van der Waals surface area (Å²) >= 11 is 2.47. The summed E-state index contributed by atoms with van der Waals surface area (Å²) in [5.74, 6) is -0.432.